The molecule has 0 aliphatic carbocycles. The maximum Gasteiger partial charge on any atom is 0.240 e. The maximum absolute atomic E-state index is 12.7. The summed E-state index contributed by atoms with van der Waals surface area (Å²) in [7, 11) is 0. The summed E-state index contributed by atoms with van der Waals surface area (Å²) >= 11 is 0. The van der Waals surface area contributed by atoms with Crippen LogP contribution in [0.15, 0.2) is 0 Å². The first kappa shape index (κ1) is 13.8. The van der Waals surface area contributed by atoms with Gasteiger partial charge in [0.25, 0.3) is 0 Å². The highest BCUT2D eigenvalue weighted by atomic mass is 16.5. The van der Waals surface area contributed by atoms with E-state index in [9.17, 15) is 4.79 Å². The van der Waals surface area contributed by atoms with Gasteiger partial charge in [0.2, 0.25) is 5.91 Å². The van der Waals surface area contributed by atoms with Crippen molar-refractivity contribution in [2.45, 2.75) is 52.2 Å². The lowest BCUT2D eigenvalue weighted by molar-refractivity contribution is -0.138. The van der Waals surface area contributed by atoms with Gasteiger partial charge < -0.3 is 15.0 Å². The van der Waals surface area contributed by atoms with E-state index < -0.39 is 0 Å². The van der Waals surface area contributed by atoms with Gasteiger partial charge in [0.05, 0.1) is 12.1 Å². The van der Waals surface area contributed by atoms with E-state index >= 15 is 0 Å². The van der Waals surface area contributed by atoms with Gasteiger partial charge in [0.1, 0.15) is 0 Å². The molecule has 2 fully saturated rings. The van der Waals surface area contributed by atoms with Crippen LogP contribution in [-0.2, 0) is 9.53 Å². The summed E-state index contributed by atoms with van der Waals surface area (Å²) in [5.74, 6) is 0.261. The number of rotatable bonds is 1. The van der Waals surface area contributed by atoms with Gasteiger partial charge in [-0.3, -0.25) is 4.79 Å². The molecule has 2 aliphatic heterocycles. The van der Waals surface area contributed by atoms with Gasteiger partial charge in [-0.25, -0.2) is 0 Å². The molecule has 4 nitrogen and oxygen atoms in total. The lowest BCUT2D eigenvalue weighted by atomic mass is 9.77. The molecule has 0 aromatic carbocycles. The van der Waals surface area contributed by atoms with Crippen LogP contribution >= 0.6 is 0 Å². The Balaban J connectivity index is 2.04. The summed E-state index contributed by atoms with van der Waals surface area (Å²) in [5.41, 5.74) is 0.0612. The molecule has 2 atom stereocenters. The fraction of sp³-hybridized carbons (Fsp3) is 0.929. The number of hydrogen-bond donors (Lipinski definition) is 1. The topological polar surface area (TPSA) is 41.6 Å². The number of nitrogens with zero attached hydrogens (tertiary/aromatic N) is 1. The van der Waals surface area contributed by atoms with E-state index in [1.807, 2.05) is 11.8 Å². The van der Waals surface area contributed by atoms with Crippen LogP contribution in [-0.4, -0.2) is 49.2 Å². The zero-order valence-corrected chi connectivity index (χ0v) is 11.9. The van der Waals surface area contributed by atoms with Gasteiger partial charge in [-0.05, 0) is 38.1 Å². The number of carbonyl (C=O) groups is 1. The van der Waals surface area contributed by atoms with E-state index in [1.54, 1.807) is 0 Å². The highest BCUT2D eigenvalue weighted by Gasteiger charge is 2.39. The Morgan fingerprint density at radius 2 is 2.17 bits per heavy atom. The maximum atomic E-state index is 12.7. The molecule has 0 aromatic heterocycles. The molecule has 0 spiro atoms. The molecule has 4 heteroatoms. The lowest BCUT2D eigenvalue weighted by Crippen LogP contribution is -2.57. The van der Waals surface area contributed by atoms with Crippen LogP contribution in [0.1, 0.15) is 40.0 Å². The molecule has 18 heavy (non-hydrogen) atoms. The fourth-order valence-corrected chi connectivity index (χ4v) is 3.01. The fourth-order valence-electron chi connectivity index (χ4n) is 3.01. The number of ether oxygens (including phenoxy) is 1. The third-order valence-corrected chi connectivity index (χ3v) is 4.14. The normalized spacial score (nSPS) is 32.9. The van der Waals surface area contributed by atoms with Gasteiger partial charge in [0, 0.05) is 19.7 Å². The monoisotopic (exact) mass is 254 g/mol. The zero-order valence-electron chi connectivity index (χ0n) is 11.9. The summed E-state index contributed by atoms with van der Waals surface area (Å²) in [4.78, 5) is 14.7. The number of nitrogens with one attached hydrogen (secondary N) is 1. The van der Waals surface area contributed by atoms with Crippen molar-refractivity contribution in [3.8, 4) is 0 Å². The second-order valence-corrected chi connectivity index (χ2v) is 6.30. The smallest absolute Gasteiger partial charge is 0.240 e. The Kier molecular flexibility index (Phi) is 4.28. The number of amides is 1. The largest absolute Gasteiger partial charge is 0.377 e. The highest BCUT2D eigenvalue weighted by molar-refractivity contribution is 5.83. The second-order valence-electron chi connectivity index (χ2n) is 6.30. The summed E-state index contributed by atoms with van der Waals surface area (Å²) in [6.45, 7) is 9.72. The molecule has 2 heterocycles. The standard InChI is InChI=1S/C14H26N2O2/c1-11-10-16(8-5-9-18-11)13(17)12-14(2,3)6-4-7-15-12/h11-12,15H,4-10H2,1-3H3. The number of piperidine rings is 1. The minimum absolute atomic E-state index is 0.0310. The lowest BCUT2D eigenvalue weighted by Gasteiger charge is -2.40. The molecule has 1 amide bonds. The quantitative estimate of drug-likeness (QED) is 0.769. The Morgan fingerprint density at radius 1 is 1.39 bits per heavy atom. The summed E-state index contributed by atoms with van der Waals surface area (Å²) in [5, 5.41) is 3.41. The predicted molar refractivity (Wildman–Crippen MR) is 71.4 cm³/mol. The predicted octanol–water partition coefficient (Wildman–Crippen LogP) is 1.40. The minimum Gasteiger partial charge on any atom is -0.377 e. The van der Waals surface area contributed by atoms with E-state index in [-0.39, 0.29) is 23.5 Å². The Bertz CT molecular complexity index is 304. The Labute approximate surface area is 110 Å². The molecule has 104 valence electrons. The van der Waals surface area contributed by atoms with Crippen molar-refractivity contribution in [3.63, 3.8) is 0 Å². The summed E-state index contributed by atoms with van der Waals surface area (Å²) < 4.78 is 5.61. The first-order chi connectivity index (χ1) is 8.50. The van der Waals surface area contributed by atoms with E-state index in [2.05, 4.69) is 19.2 Å². The van der Waals surface area contributed by atoms with Crippen molar-refractivity contribution in [2.75, 3.05) is 26.2 Å². The van der Waals surface area contributed by atoms with Crippen molar-refractivity contribution >= 4 is 5.91 Å². The molecule has 1 N–H and O–H groups in total. The first-order valence-electron chi connectivity index (χ1n) is 7.14. The number of hydrogen-bond acceptors (Lipinski definition) is 3. The van der Waals surface area contributed by atoms with Gasteiger partial charge in [0.15, 0.2) is 0 Å². The second kappa shape index (κ2) is 5.57. The molecular formula is C14H26N2O2. The average molecular weight is 254 g/mol. The van der Waals surface area contributed by atoms with Crippen LogP contribution in [0.25, 0.3) is 0 Å². The third-order valence-electron chi connectivity index (χ3n) is 4.14. The SMILES string of the molecule is CC1CN(C(=O)C2NCCCC2(C)C)CCCO1. The Hall–Kier alpha value is -0.610. The van der Waals surface area contributed by atoms with Crippen molar-refractivity contribution in [2.24, 2.45) is 5.41 Å². The van der Waals surface area contributed by atoms with Crippen LogP contribution in [0, 0.1) is 5.41 Å². The van der Waals surface area contributed by atoms with Crippen LogP contribution in [0.3, 0.4) is 0 Å². The van der Waals surface area contributed by atoms with Gasteiger partial charge in [-0.15, -0.1) is 0 Å². The van der Waals surface area contributed by atoms with E-state index in [0.717, 1.165) is 45.5 Å². The van der Waals surface area contributed by atoms with Crippen LogP contribution < -0.4 is 5.32 Å². The van der Waals surface area contributed by atoms with Crippen molar-refractivity contribution in [1.82, 2.24) is 10.2 Å². The zero-order chi connectivity index (χ0) is 13.2. The van der Waals surface area contributed by atoms with Crippen molar-refractivity contribution in [3.05, 3.63) is 0 Å². The van der Waals surface area contributed by atoms with Crippen LogP contribution in [0.2, 0.25) is 0 Å². The Morgan fingerprint density at radius 3 is 2.89 bits per heavy atom. The molecule has 0 saturated carbocycles. The highest BCUT2D eigenvalue weighted by Crippen LogP contribution is 2.31. The van der Waals surface area contributed by atoms with E-state index in [4.69, 9.17) is 4.74 Å². The first-order valence-corrected chi connectivity index (χ1v) is 7.14. The average Bonchev–Trinajstić information content (AvgIpc) is 2.52. The molecule has 2 saturated heterocycles. The summed E-state index contributed by atoms with van der Waals surface area (Å²) in [6.07, 6.45) is 3.39. The molecular weight excluding hydrogens is 228 g/mol. The van der Waals surface area contributed by atoms with Crippen LogP contribution in [0.4, 0.5) is 0 Å². The van der Waals surface area contributed by atoms with Gasteiger partial charge in [-0.1, -0.05) is 13.8 Å². The molecule has 2 unspecified atom stereocenters. The molecule has 0 bridgehead atoms. The minimum atomic E-state index is -0.0310. The summed E-state index contributed by atoms with van der Waals surface area (Å²) in [6, 6.07) is -0.0310. The van der Waals surface area contributed by atoms with Crippen LogP contribution in [0.5, 0.6) is 0 Å². The van der Waals surface area contributed by atoms with Gasteiger partial charge >= 0.3 is 0 Å². The number of carbonyl (C=O) groups excluding carboxylic acids is 1. The molecule has 2 rings (SSSR count). The van der Waals surface area contributed by atoms with Crippen molar-refractivity contribution < 1.29 is 9.53 Å². The molecule has 0 radical (unpaired) electrons. The van der Waals surface area contributed by atoms with Crippen molar-refractivity contribution in [1.29, 1.82) is 0 Å². The third kappa shape index (κ3) is 3.04. The van der Waals surface area contributed by atoms with E-state index in [0.29, 0.717) is 0 Å². The molecule has 0 aromatic rings. The van der Waals surface area contributed by atoms with Gasteiger partial charge in [-0.2, -0.15) is 0 Å². The van der Waals surface area contributed by atoms with E-state index in [1.165, 1.54) is 0 Å². The molecule has 2 aliphatic rings.